The molecule has 3 heterocycles. The lowest BCUT2D eigenvalue weighted by Gasteiger charge is -2.32. The molecule has 0 saturated carbocycles. The van der Waals surface area contributed by atoms with Gasteiger partial charge in [0.15, 0.2) is 0 Å². The molecule has 3 aromatic rings. The van der Waals surface area contributed by atoms with Gasteiger partial charge in [-0.25, -0.2) is 4.98 Å². The van der Waals surface area contributed by atoms with Crippen LogP contribution in [0.1, 0.15) is 51.8 Å². The number of nitrogens with zero attached hydrogens (tertiary/aromatic N) is 4. The highest BCUT2D eigenvalue weighted by Gasteiger charge is 2.27. The number of carbonyl (C=O) groups is 1. The smallest absolute Gasteiger partial charge is 0.274 e. The molecule has 1 atom stereocenters. The molecule has 1 saturated heterocycles. The molecule has 2 aromatic heterocycles. The third-order valence-corrected chi connectivity index (χ3v) is 5.66. The van der Waals surface area contributed by atoms with Crippen molar-refractivity contribution in [1.29, 1.82) is 0 Å². The summed E-state index contributed by atoms with van der Waals surface area (Å²) in [5.41, 5.74) is 4.72. The molecule has 1 amide bonds. The van der Waals surface area contributed by atoms with Gasteiger partial charge in [-0.3, -0.25) is 14.8 Å². The minimum absolute atomic E-state index is 0.0632. The maximum atomic E-state index is 12.8. The van der Waals surface area contributed by atoms with Gasteiger partial charge in [-0.15, -0.1) is 0 Å². The largest absolute Gasteiger partial charge is 0.337 e. The van der Waals surface area contributed by atoms with Gasteiger partial charge < -0.3 is 4.90 Å². The Labute approximate surface area is 175 Å². The number of aryl methyl sites for hydroxylation is 1. The van der Waals surface area contributed by atoms with Gasteiger partial charge in [-0.2, -0.15) is 0 Å². The summed E-state index contributed by atoms with van der Waals surface area (Å²) in [6, 6.07) is 12.2. The van der Waals surface area contributed by atoms with E-state index in [4.69, 9.17) is 16.6 Å². The summed E-state index contributed by atoms with van der Waals surface area (Å²) in [7, 11) is 0. The second-order valence-corrected chi connectivity index (χ2v) is 7.90. The molecule has 1 aliphatic heterocycles. The van der Waals surface area contributed by atoms with E-state index in [0.29, 0.717) is 12.2 Å². The molecule has 5 nitrogen and oxygen atoms in total. The van der Waals surface area contributed by atoms with E-state index in [1.54, 1.807) is 12.4 Å². The molecule has 29 heavy (non-hydrogen) atoms. The normalized spacial score (nSPS) is 16.6. The summed E-state index contributed by atoms with van der Waals surface area (Å²) in [6.07, 6.45) is 7.40. The molecular formula is C23H23ClN4O. The van der Waals surface area contributed by atoms with Crippen molar-refractivity contribution in [2.24, 2.45) is 0 Å². The van der Waals surface area contributed by atoms with Crippen LogP contribution in [0.4, 0.5) is 0 Å². The number of hydrogen-bond donors (Lipinski definition) is 0. The van der Waals surface area contributed by atoms with E-state index < -0.39 is 0 Å². The number of carbonyl (C=O) groups excluding carboxylic acids is 1. The van der Waals surface area contributed by atoms with Crippen LogP contribution in [0.2, 0.25) is 5.02 Å². The van der Waals surface area contributed by atoms with E-state index in [1.807, 2.05) is 30.0 Å². The summed E-state index contributed by atoms with van der Waals surface area (Å²) >= 11 is 6.34. The number of benzene rings is 1. The second-order valence-electron chi connectivity index (χ2n) is 7.49. The van der Waals surface area contributed by atoms with Crippen LogP contribution in [0.5, 0.6) is 0 Å². The Balaban J connectivity index is 1.54. The fourth-order valence-corrected chi connectivity index (χ4v) is 4.12. The van der Waals surface area contributed by atoms with Crippen LogP contribution in [-0.4, -0.2) is 38.8 Å². The predicted molar refractivity (Wildman–Crippen MR) is 113 cm³/mol. The van der Waals surface area contributed by atoms with Crippen molar-refractivity contribution in [1.82, 2.24) is 19.9 Å². The van der Waals surface area contributed by atoms with E-state index in [0.717, 1.165) is 47.8 Å². The first-order chi connectivity index (χ1) is 14.1. The van der Waals surface area contributed by atoms with Crippen molar-refractivity contribution in [2.45, 2.75) is 32.1 Å². The van der Waals surface area contributed by atoms with Gasteiger partial charge in [0.1, 0.15) is 5.69 Å². The Kier molecular flexibility index (Phi) is 5.86. The number of piperidine rings is 1. The number of rotatable bonds is 4. The Bertz CT molecular complexity index is 1010. The fourth-order valence-electron chi connectivity index (χ4n) is 3.92. The topological polar surface area (TPSA) is 59.0 Å². The standard InChI is InChI=1S/C23H23ClN4O/c1-16-11-17(12-18-5-2-3-7-20(18)24)13-21(27-16)19-6-4-10-28(15-19)23(29)22-14-25-8-9-26-22/h2-3,5,7-9,11,13-14,19H,4,6,10,12,15H2,1H3. The van der Waals surface area contributed by atoms with Gasteiger partial charge in [0, 0.05) is 47.8 Å². The SMILES string of the molecule is Cc1cc(Cc2ccccc2Cl)cc(C2CCCN(C(=O)c3cnccn3)C2)n1. The maximum absolute atomic E-state index is 12.8. The van der Waals surface area contributed by atoms with E-state index in [2.05, 4.69) is 28.2 Å². The second kappa shape index (κ2) is 8.70. The van der Waals surface area contributed by atoms with Crippen molar-refractivity contribution in [3.8, 4) is 0 Å². The lowest BCUT2D eigenvalue weighted by atomic mass is 9.92. The number of amides is 1. The van der Waals surface area contributed by atoms with Gasteiger partial charge in [-0.05, 0) is 55.5 Å². The number of aromatic nitrogens is 3. The number of halogens is 1. The quantitative estimate of drug-likeness (QED) is 0.642. The van der Waals surface area contributed by atoms with Crippen LogP contribution in [0.15, 0.2) is 55.0 Å². The number of hydrogen-bond acceptors (Lipinski definition) is 4. The fraction of sp³-hybridized carbons (Fsp3) is 0.304. The first-order valence-corrected chi connectivity index (χ1v) is 10.2. The lowest BCUT2D eigenvalue weighted by molar-refractivity contribution is 0.0699. The van der Waals surface area contributed by atoms with E-state index in [-0.39, 0.29) is 11.8 Å². The minimum atomic E-state index is -0.0632. The van der Waals surface area contributed by atoms with Gasteiger partial charge in [0.25, 0.3) is 5.91 Å². The van der Waals surface area contributed by atoms with Crippen molar-refractivity contribution >= 4 is 17.5 Å². The molecule has 1 unspecified atom stereocenters. The van der Waals surface area contributed by atoms with Crippen molar-refractivity contribution in [3.05, 3.63) is 88.2 Å². The average Bonchev–Trinajstić information content (AvgIpc) is 2.75. The Morgan fingerprint density at radius 2 is 2.10 bits per heavy atom. The molecule has 0 bridgehead atoms. The number of pyridine rings is 1. The average molecular weight is 407 g/mol. The monoisotopic (exact) mass is 406 g/mol. The first kappa shape index (κ1) is 19.5. The van der Waals surface area contributed by atoms with Crippen LogP contribution in [0.3, 0.4) is 0 Å². The summed E-state index contributed by atoms with van der Waals surface area (Å²) < 4.78 is 0. The third-order valence-electron chi connectivity index (χ3n) is 5.29. The van der Waals surface area contributed by atoms with E-state index in [1.165, 1.54) is 11.8 Å². The molecule has 0 radical (unpaired) electrons. The molecule has 0 N–H and O–H groups in total. The minimum Gasteiger partial charge on any atom is -0.337 e. The molecule has 0 aliphatic carbocycles. The van der Waals surface area contributed by atoms with Gasteiger partial charge >= 0.3 is 0 Å². The van der Waals surface area contributed by atoms with Crippen LogP contribution < -0.4 is 0 Å². The zero-order valence-electron chi connectivity index (χ0n) is 16.4. The van der Waals surface area contributed by atoms with Crippen LogP contribution in [0, 0.1) is 6.92 Å². The molecule has 1 aromatic carbocycles. The van der Waals surface area contributed by atoms with E-state index in [9.17, 15) is 4.79 Å². The Morgan fingerprint density at radius 1 is 1.24 bits per heavy atom. The van der Waals surface area contributed by atoms with Crippen molar-refractivity contribution < 1.29 is 4.79 Å². The summed E-state index contributed by atoms with van der Waals surface area (Å²) in [6.45, 7) is 3.41. The molecule has 4 rings (SSSR count). The van der Waals surface area contributed by atoms with Crippen LogP contribution in [-0.2, 0) is 6.42 Å². The summed E-state index contributed by atoms with van der Waals surface area (Å²) in [5, 5.41) is 0.780. The van der Waals surface area contributed by atoms with E-state index >= 15 is 0 Å². The Hall–Kier alpha value is -2.79. The Morgan fingerprint density at radius 3 is 2.90 bits per heavy atom. The zero-order chi connectivity index (χ0) is 20.2. The maximum Gasteiger partial charge on any atom is 0.274 e. The highest BCUT2D eigenvalue weighted by Crippen LogP contribution is 2.28. The summed E-state index contributed by atoms with van der Waals surface area (Å²) in [5.74, 6) is 0.154. The van der Waals surface area contributed by atoms with Gasteiger partial charge in [0.05, 0.1) is 6.20 Å². The zero-order valence-corrected chi connectivity index (χ0v) is 17.1. The number of likely N-dealkylation sites (tertiary alicyclic amines) is 1. The molecule has 6 heteroatoms. The van der Waals surface area contributed by atoms with Crippen LogP contribution >= 0.6 is 11.6 Å². The third kappa shape index (κ3) is 4.62. The summed E-state index contributed by atoms with van der Waals surface area (Å²) in [4.78, 5) is 27.6. The van der Waals surface area contributed by atoms with Crippen LogP contribution in [0.25, 0.3) is 0 Å². The first-order valence-electron chi connectivity index (χ1n) is 9.86. The molecule has 1 aliphatic rings. The van der Waals surface area contributed by atoms with Crippen molar-refractivity contribution in [3.63, 3.8) is 0 Å². The van der Waals surface area contributed by atoms with Gasteiger partial charge in [-0.1, -0.05) is 29.8 Å². The molecule has 148 valence electrons. The van der Waals surface area contributed by atoms with Crippen molar-refractivity contribution in [2.75, 3.05) is 13.1 Å². The molecular weight excluding hydrogens is 384 g/mol. The predicted octanol–water partition coefficient (Wildman–Crippen LogP) is 4.44. The highest BCUT2D eigenvalue weighted by molar-refractivity contribution is 6.31. The van der Waals surface area contributed by atoms with Gasteiger partial charge in [0.2, 0.25) is 0 Å². The lowest BCUT2D eigenvalue weighted by Crippen LogP contribution is -2.39. The molecule has 1 fully saturated rings. The molecule has 0 spiro atoms. The highest BCUT2D eigenvalue weighted by atomic mass is 35.5.